The normalized spacial score (nSPS) is 13.7. The summed E-state index contributed by atoms with van der Waals surface area (Å²) in [6, 6.07) is -0.741. The summed E-state index contributed by atoms with van der Waals surface area (Å²) in [4.78, 5) is 37.0. The zero-order valence-electron chi connectivity index (χ0n) is 41.4. The van der Waals surface area contributed by atoms with Gasteiger partial charge in [-0.3, -0.25) is 9.59 Å². The Kier molecular flexibility index (Phi) is 43.1. The molecule has 0 amide bonds. The minimum absolute atomic E-state index is 0.0128. The maximum Gasteiger partial charge on any atom is 0.306 e. The Bertz CT molecular complexity index is 1360. The number of allylic oxidation sites excluding steroid dienone is 16. The Balaban J connectivity index is 4.30. The summed E-state index contributed by atoms with van der Waals surface area (Å²) >= 11 is 0. The number of hydrogen-bond acceptors (Lipinski definition) is 7. The van der Waals surface area contributed by atoms with Crippen molar-refractivity contribution >= 4 is 17.9 Å². The van der Waals surface area contributed by atoms with Crippen LogP contribution in [-0.4, -0.2) is 75.5 Å². The maximum atomic E-state index is 12.7. The zero-order valence-corrected chi connectivity index (χ0v) is 41.4. The topological polar surface area (TPSA) is 102 Å². The van der Waals surface area contributed by atoms with Crippen LogP contribution in [0.4, 0.5) is 0 Å². The first kappa shape index (κ1) is 60.2. The molecule has 364 valence electrons. The van der Waals surface area contributed by atoms with Crippen LogP contribution >= 0.6 is 0 Å². The molecule has 0 N–H and O–H groups in total. The number of carboxylic acid groups (broad SMARTS) is 1. The van der Waals surface area contributed by atoms with Crippen molar-refractivity contribution in [3.63, 3.8) is 0 Å². The molecule has 0 aliphatic heterocycles. The molecule has 0 aliphatic carbocycles. The number of rotatable bonds is 44. The molecule has 0 fully saturated rings. The number of esters is 2. The highest BCUT2D eigenvalue weighted by Crippen LogP contribution is 2.15. The first-order valence-corrected chi connectivity index (χ1v) is 25.3. The molecule has 0 bridgehead atoms. The Hall–Kier alpha value is -3.75. The predicted octanol–water partition coefficient (Wildman–Crippen LogP) is 13.3. The lowest BCUT2D eigenvalue weighted by atomic mass is 10.0. The minimum atomic E-state index is -1.14. The van der Waals surface area contributed by atoms with Gasteiger partial charge < -0.3 is 28.6 Å². The molecule has 0 radical (unpaired) electrons. The van der Waals surface area contributed by atoms with E-state index in [9.17, 15) is 19.5 Å². The lowest BCUT2D eigenvalue weighted by molar-refractivity contribution is -0.889. The molecule has 0 aromatic rings. The molecule has 64 heavy (non-hydrogen) atoms. The van der Waals surface area contributed by atoms with Crippen molar-refractivity contribution < 1.29 is 38.2 Å². The van der Waals surface area contributed by atoms with Crippen molar-refractivity contribution in [3.05, 3.63) is 97.2 Å². The SMILES string of the molecule is CC/C=C/C/C=C/C/C=C/C/C=C/C/C=C/CCCC(=O)OC(COCCC(C(=O)[O-])[N+](C)(C)C)COC(=O)CCCCCCCCCCCCCCC/C=C/C/C=C/C/C=C/CC. The number of carbonyl (C=O) groups excluding carboxylic acids is 3. The summed E-state index contributed by atoms with van der Waals surface area (Å²) in [6.07, 6.45) is 61.6. The van der Waals surface area contributed by atoms with Crippen LogP contribution in [0.25, 0.3) is 0 Å². The summed E-state index contributed by atoms with van der Waals surface area (Å²) in [7, 11) is 5.39. The second kappa shape index (κ2) is 45.8. The molecule has 0 heterocycles. The predicted molar refractivity (Wildman–Crippen MR) is 268 cm³/mol. The fourth-order valence-corrected chi connectivity index (χ4v) is 6.89. The number of likely N-dealkylation sites (N-methyl/N-ethyl adjacent to an activating group) is 1. The standard InChI is InChI=1S/C56H93NO7/c1-6-8-10-12-14-16-18-20-22-24-25-26-27-28-29-31-32-34-36-38-40-42-44-46-54(58)63-51-52(50-62-49-48-53(56(60)61)57(3,4)5)64-55(59)47-45-43-41-39-37-35-33-30-23-21-19-17-15-13-11-9-7-2/h8-11,14-17,20-23,33,35,39,41,52-53H,6-7,12-13,18-19,24-32,34,36-38,40,42-51H2,1-5H3/b10-8+,11-9+,16-14+,17-15+,22-20+,23-21+,35-33+,41-39+. The number of quaternary nitrogens is 1. The van der Waals surface area contributed by atoms with Crippen molar-refractivity contribution in [3.8, 4) is 0 Å². The molecule has 0 saturated carbocycles. The van der Waals surface area contributed by atoms with Crippen LogP contribution in [0.1, 0.15) is 187 Å². The van der Waals surface area contributed by atoms with Gasteiger partial charge in [0.05, 0.1) is 40.3 Å². The van der Waals surface area contributed by atoms with Crippen molar-refractivity contribution in [1.82, 2.24) is 0 Å². The Labute approximate surface area is 392 Å². The maximum absolute atomic E-state index is 12.7. The lowest BCUT2D eigenvalue weighted by Crippen LogP contribution is -2.55. The first-order chi connectivity index (χ1) is 31.1. The van der Waals surface area contributed by atoms with E-state index in [1.807, 2.05) is 0 Å². The van der Waals surface area contributed by atoms with Gasteiger partial charge in [0.15, 0.2) is 6.10 Å². The van der Waals surface area contributed by atoms with Crippen LogP contribution in [0, 0.1) is 0 Å². The van der Waals surface area contributed by atoms with E-state index >= 15 is 0 Å². The molecule has 8 nitrogen and oxygen atoms in total. The van der Waals surface area contributed by atoms with E-state index in [0.29, 0.717) is 12.8 Å². The van der Waals surface area contributed by atoms with Gasteiger partial charge in [-0.1, -0.05) is 182 Å². The average molecular weight is 892 g/mol. The molecular formula is C56H93NO7. The molecule has 0 rings (SSSR count). The van der Waals surface area contributed by atoms with Gasteiger partial charge in [-0.25, -0.2) is 0 Å². The van der Waals surface area contributed by atoms with Gasteiger partial charge in [-0.05, 0) is 83.5 Å². The zero-order chi connectivity index (χ0) is 47.0. The van der Waals surface area contributed by atoms with Gasteiger partial charge in [0.2, 0.25) is 0 Å². The van der Waals surface area contributed by atoms with Gasteiger partial charge in [-0.2, -0.15) is 0 Å². The Morgan fingerprint density at radius 2 is 0.844 bits per heavy atom. The third kappa shape index (κ3) is 43.5. The number of carboxylic acids is 1. The summed E-state index contributed by atoms with van der Waals surface area (Å²) in [5.41, 5.74) is 0. The van der Waals surface area contributed by atoms with Crippen molar-refractivity contribution in [2.24, 2.45) is 0 Å². The largest absolute Gasteiger partial charge is 0.544 e. The number of nitrogens with zero attached hydrogens (tertiary/aromatic N) is 1. The highest BCUT2D eigenvalue weighted by atomic mass is 16.6. The van der Waals surface area contributed by atoms with Crippen molar-refractivity contribution in [2.75, 3.05) is 41.0 Å². The number of unbranched alkanes of at least 4 members (excludes halogenated alkanes) is 14. The van der Waals surface area contributed by atoms with E-state index < -0.39 is 18.1 Å². The first-order valence-electron chi connectivity index (χ1n) is 25.3. The summed E-state index contributed by atoms with van der Waals surface area (Å²) in [6.45, 7) is 4.37. The summed E-state index contributed by atoms with van der Waals surface area (Å²) in [5.74, 6) is -1.82. The van der Waals surface area contributed by atoms with Crippen LogP contribution < -0.4 is 5.11 Å². The smallest absolute Gasteiger partial charge is 0.306 e. The number of carbonyl (C=O) groups is 3. The van der Waals surface area contributed by atoms with E-state index in [0.717, 1.165) is 77.0 Å². The Morgan fingerprint density at radius 1 is 0.469 bits per heavy atom. The number of hydrogen-bond donors (Lipinski definition) is 0. The molecule has 8 heteroatoms. The minimum Gasteiger partial charge on any atom is -0.544 e. The Morgan fingerprint density at radius 3 is 1.27 bits per heavy atom. The fraction of sp³-hybridized carbons (Fsp3) is 0.661. The van der Waals surface area contributed by atoms with Gasteiger partial charge in [0, 0.05) is 19.3 Å². The fourth-order valence-electron chi connectivity index (χ4n) is 6.89. The lowest BCUT2D eigenvalue weighted by Gasteiger charge is -2.34. The van der Waals surface area contributed by atoms with Crippen LogP contribution in [0.5, 0.6) is 0 Å². The molecule has 0 aliphatic rings. The van der Waals surface area contributed by atoms with E-state index in [2.05, 4.69) is 111 Å². The average Bonchev–Trinajstić information content (AvgIpc) is 3.26. The number of ether oxygens (including phenoxy) is 3. The highest BCUT2D eigenvalue weighted by molar-refractivity contribution is 5.70. The van der Waals surface area contributed by atoms with Crippen molar-refractivity contribution in [2.45, 2.75) is 199 Å². The van der Waals surface area contributed by atoms with Crippen molar-refractivity contribution in [1.29, 1.82) is 0 Å². The third-order valence-electron chi connectivity index (χ3n) is 10.7. The number of aliphatic carboxylic acids is 1. The molecule has 0 aromatic carbocycles. The molecule has 2 unspecified atom stereocenters. The third-order valence-corrected chi connectivity index (χ3v) is 10.7. The van der Waals surface area contributed by atoms with Gasteiger partial charge >= 0.3 is 11.9 Å². The van der Waals surface area contributed by atoms with Crippen LogP contribution in [0.15, 0.2) is 97.2 Å². The summed E-state index contributed by atoms with van der Waals surface area (Å²) < 4.78 is 17.2. The second-order valence-electron chi connectivity index (χ2n) is 17.6. The van der Waals surface area contributed by atoms with Gasteiger partial charge in [0.25, 0.3) is 0 Å². The molecular weight excluding hydrogens is 799 g/mol. The van der Waals surface area contributed by atoms with E-state index in [1.165, 1.54) is 70.6 Å². The molecule has 0 saturated heterocycles. The summed E-state index contributed by atoms with van der Waals surface area (Å²) in [5, 5.41) is 11.7. The van der Waals surface area contributed by atoms with Gasteiger partial charge in [0.1, 0.15) is 12.6 Å². The van der Waals surface area contributed by atoms with E-state index in [-0.39, 0.29) is 49.1 Å². The van der Waals surface area contributed by atoms with Gasteiger partial charge in [-0.15, -0.1) is 0 Å². The molecule has 0 aromatic heterocycles. The highest BCUT2D eigenvalue weighted by Gasteiger charge is 2.25. The van der Waals surface area contributed by atoms with Crippen LogP contribution in [0.2, 0.25) is 0 Å². The second-order valence-corrected chi connectivity index (χ2v) is 17.6. The molecule has 2 atom stereocenters. The van der Waals surface area contributed by atoms with Crippen LogP contribution in [0.3, 0.4) is 0 Å². The molecule has 0 spiro atoms. The van der Waals surface area contributed by atoms with E-state index in [4.69, 9.17) is 14.2 Å². The monoisotopic (exact) mass is 892 g/mol. The van der Waals surface area contributed by atoms with Crippen LogP contribution in [-0.2, 0) is 28.6 Å². The quantitative estimate of drug-likeness (QED) is 0.0260. The van der Waals surface area contributed by atoms with E-state index in [1.54, 1.807) is 21.1 Å².